The van der Waals surface area contributed by atoms with Gasteiger partial charge in [0.15, 0.2) is 0 Å². The molecule has 0 bridgehead atoms. The minimum absolute atomic E-state index is 0.487. The molecule has 2 rings (SSSR count). The van der Waals surface area contributed by atoms with Crippen LogP contribution in [0.2, 0.25) is 0 Å². The summed E-state index contributed by atoms with van der Waals surface area (Å²) in [5, 5.41) is 6.92. The molecular formula is C12H20N2S. The van der Waals surface area contributed by atoms with E-state index in [1.807, 2.05) is 0 Å². The van der Waals surface area contributed by atoms with Gasteiger partial charge < -0.3 is 5.32 Å². The zero-order valence-electron chi connectivity index (χ0n) is 9.62. The highest BCUT2D eigenvalue weighted by atomic mass is 32.1. The molecule has 0 spiro atoms. The first-order chi connectivity index (χ1) is 7.29. The van der Waals surface area contributed by atoms with Gasteiger partial charge in [-0.05, 0) is 32.2 Å². The first-order valence-corrected chi connectivity index (χ1v) is 6.83. The van der Waals surface area contributed by atoms with Gasteiger partial charge >= 0.3 is 0 Å². The smallest absolute Gasteiger partial charge is 0.0898 e. The summed E-state index contributed by atoms with van der Waals surface area (Å²) in [4.78, 5) is 4.58. The van der Waals surface area contributed by atoms with Crippen LogP contribution in [0.1, 0.15) is 49.4 Å². The summed E-state index contributed by atoms with van der Waals surface area (Å²) >= 11 is 1.76. The Morgan fingerprint density at radius 2 is 2.40 bits per heavy atom. The lowest BCUT2D eigenvalue weighted by atomic mass is 10.1. The van der Waals surface area contributed by atoms with Crippen LogP contribution >= 0.6 is 11.3 Å². The normalized spacial score (nSPS) is 18.0. The lowest BCUT2D eigenvalue weighted by molar-refractivity contribution is 0.473. The number of aromatic nitrogens is 1. The van der Waals surface area contributed by atoms with E-state index in [4.69, 9.17) is 0 Å². The summed E-state index contributed by atoms with van der Waals surface area (Å²) in [6.07, 6.45) is 5.53. The van der Waals surface area contributed by atoms with Crippen molar-refractivity contribution in [1.82, 2.24) is 10.3 Å². The Morgan fingerprint density at radius 3 is 2.93 bits per heavy atom. The molecule has 1 fully saturated rings. The average Bonchev–Trinajstić information content (AvgIpc) is 2.95. The second kappa shape index (κ2) is 5.08. The summed E-state index contributed by atoms with van der Waals surface area (Å²) in [5.74, 6) is 1.02. The molecule has 1 saturated carbocycles. The van der Waals surface area contributed by atoms with E-state index < -0.39 is 0 Å². The predicted molar refractivity (Wildman–Crippen MR) is 65.2 cm³/mol. The predicted octanol–water partition coefficient (Wildman–Crippen LogP) is 3.29. The van der Waals surface area contributed by atoms with Crippen LogP contribution in [0.25, 0.3) is 0 Å². The van der Waals surface area contributed by atoms with E-state index in [-0.39, 0.29) is 0 Å². The van der Waals surface area contributed by atoms with E-state index in [0.29, 0.717) is 6.04 Å². The first-order valence-electron chi connectivity index (χ1n) is 5.95. The summed E-state index contributed by atoms with van der Waals surface area (Å²) in [5.41, 5.74) is 1.25. The molecule has 15 heavy (non-hydrogen) atoms. The number of thiazole rings is 1. The third kappa shape index (κ3) is 3.28. The van der Waals surface area contributed by atoms with Crippen LogP contribution in [0.3, 0.4) is 0 Å². The van der Waals surface area contributed by atoms with Crippen molar-refractivity contribution >= 4 is 11.3 Å². The highest BCUT2D eigenvalue weighted by Gasteiger charge is 2.23. The molecular weight excluding hydrogens is 204 g/mol. The Labute approximate surface area is 96.1 Å². The summed E-state index contributed by atoms with van der Waals surface area (Å²) in [6, 6.07) is 0.487. The van der Waals surface area contributed by atoms with Gasteiger partial charge in [0.1, 0.15) is 0 Å². The molecule has 1 aromatic heterocycles. The topological polar surface area (TPSA) is 24.9 Å². The van der Waals surface area contributed by atoms with E-state index in [2.05, 4.69) is 29.5 Å². The van der Waals surface area contributed by atoms with Gasteiger partial charge in [-0.3, -0.25) is 0 Å². The maximum atomic E-state index is 4.58. The molecule has 1 atom stereocenters. The fraction of sp³-hybridized carbons (Fsp3) is 0.750. The summed E-state index contributed by atoms with van der Waals surface area (Å²) < 4.78 is 0. The Bertz CT molecular complexity index is 304. The first kappa shape index (κ1) is 11.1. The molecule has 2 nitrogen and oxygen atoms in total. The quantitative estimate of drug-likeness (QED) is 0.802. The number of nitrogens with zero attached hydrogens (tertiary/aromatic N) is 1. The van der Waals surface area contributed by atoms with E-state index in [1.54, 1.807) is 11.3 Å². The van der Waals surface area contributed by atoms with Crippen LogP contribution < -0.4 is 5.32 Å². The molecule has 0 saturated heterocycles. The molecule has 0 amide bonds. The van der Waals surface area contributed by atoms with E-state index >= 15 is 0 Å². The van der Waals surface area contributed by atoms with E-state index in [1.165, 1.54) is 36.4 Å². The third-order valence-electron chi connectivity index (χ3n) is 3.00. The Morgan fingerprint density at radius 1 is 1.60 bits per heavy atom. The summed E-state index contributed by atoms with van der Waals surface area (Å²) in [6.45, 7) is 5.29. The lowest BCUT2D eigenvalue weighted by Crippen LogP contribution is -2.21. The molecule has 84 valence electrons. The zero-order valence-corrected chi connectivity index (χ0v) is 10.4. The number of aryl methyl sites for hydroxylation is 1. The van der Waals surface area contributed by atoms with Gasteiger partial charge in [0.2, 0.25) is 0 Å². The molecule has 0 aliphatic heterocycles. The second-order valence-electron chi connectivity index (χ2n) is 4.42. The number of rotatable bonds is 6. The van der Waals surface area contributed by atoms with Crippen molar-refractivity contribution < 1.29 is 0 Å². The van der Waals surface area contributed by atoms with Crippen molar-refractivity contribution in [1.29, 1.82) is 0 Å². The molecule has 1 aliphatic rings. The van der Waals surface area contributed by atoms with Gasteiger partial charge in [-0.15, -0.1) is 11.3 Å². The van der Waals surface area contributed by atoms with Crippen molar-refractivity contribution in [3.8, 4) is 0 Å². The molecule has 0 aromatic carbocycles. The zero-order chi connectivity index (χ0) is 10.7. The average molecular weight is 224 g/mol. The molecule has 1 heterocycles. The van der Waals surface area contributed by atoms with Crippen LogP contribution in [0.5, 0.6) is 0 Å². The summed E-state index contributed by atoms with van der Waals surface area (Å²) in [7, 11) is 0. The molecule has 1 aliphatic carbocycles. The van der Waals surface area contributed by atoms with Crippen LogP contribution in [-0.2, 0) is 0 Å². The molecule has 1 aromatic rings. The number of hydrogen-bond acceptors (Lipinski definition) is 3. The van der Waals surface area contributed by atoms with Crippen molar-refractivity contribution in [3.05, 3.63) is 16.1 Å². The minimum atomic E-state index is 0.487. The fourth-order valence-corrected chi connectivity index (χ4v) is 2.62. The molecule has 0 radical (unpaired) electrons. The Balaban J connectivity index is 1.91. The minimum Gasteiger partial charge on any atom is -0.309 e. The van der Waals surface area contributed by atoms with Gasteiger partial charge in [0.05, 0.1) is 16.7 Å². The molecule has 1 N–H and O–H groups in total. The van der Waals surface area contributed by atoms with Crippen LogP contribution in [0, 0.1) is 12.8 Å². The SMILES string of the molecule is CCNC(CCC1CC1)c1csc(C)n1. The fourth-order valence-electron chi connectivity index (χ4n) is 1.95. The van der Waals surface area contributed by atoms with Crippen LogP contribution in [0.4, 0.5) is 0 Å². The maximum Gasteiger partial charge on any atom is 0.0898 e. The van der Waals surface area contributed by atoms with Crippen LogP contribution in [-0.4, -0.2) is 11.5 Å². The highest BCUT2D eigenvalue weighted by Crippen LogP contribution is 2.35. The van der Waals surface area contributed by atoms with Crippen molar-refractivity contribution in [2.75, 3.05) is 6.54 Å². The van der Waals surface area contributed by atoms with Crippen molar-refractivity contribution in [3.63, 3.8) is 0 Å². The van der Waals surface area contributed by atoms with Gasteiger partial charge in [-0.2, -0.15) is 0 Å². The van der Waals surface area contributed by atoms with Gasteiger partial charge in [0, 0.05) is 5.38 Å². The van der Waals surface area contributed by atoms with Gasteiger partial charge in [-0.1, -0.05) is 19.8 Å². The van der Waals surface area contributed by atoms with Gasteiger partial charge in [0.25, 0.3) is 0 Å². The highest BCUT2D eigenvalue weighted by molar-refractivity contribution is 7.09. The number of nitrogens with one attached hydrogen (secondary N) is 1. The second-order valence-corrected chi connectivity index (χ2v) is 5.48. The van der Waals surface area contributed by atoms with Crippen molar-refractivity contribution in [2.45, 2.75) is 45.6 Å². The van der Waals surface area contributed by atoms with Gasteiger partial charge in [-0.25, -0.2) is 4.98 Å². The number of hydrogen-bond donors (Lipinski definition) is 1. The Kier molecular flexibility index (Phi) is 3.76. The lowest BCUT2D eigenvalue weighted by Gasteiger charge is -2.15. The van der Waals surface area contributed by atoms with Crippen LogP contribution in [0.15, 0.2) is 5.38 Å². The largest absolute Gasteiger partial charge is 0.309 e. The standard InChI is InChI=1S/C12H20N2S/c1-3-13-11(7-6-10-4-5-10)12-8-15-9(2)14-12/h8,10-11,13H,3-7H2,1-2H3. The third-order valence-corrected chi connectivity index (χ3v) is 3.80. The molecule has 1 unspecified atom stereocenters. The maximum absolute atomic E-state index is 4.58. The Hall–Kier alpha value is -0.410. The van der Waals surface area contributed by atoms with E-state index in [0.717, 1.165) is 12.5 Å². The molecule has 3 heteroatoms. The monoisotopic (exact) mass is 224 g/mol. The van der Waals surface area contributed by atoms with Crippen molar-refractivity contribution in [2.24, 2.45) is 5.92 Å². The van der Waals surface area contributed by atoms with E-state index in [9.17, 15) is 0 Å².